The average Bonchev–Trinajstić information content (AvgIpc) is 2.37. The molecule has 19 heavy (non-hydrogen) atoms. The molecule has 0 aromatic rings. The molecule has 0 heterocycles. The van der Waals surface area contributed by atoms with Crippen LogP contribution >= 0.6 is 7.26 Å². The Morgan fingerprint density at radius 2 is 1.05 bits per heavy atom. The van der Waals surface area contributed by atoms with Crippen LogP contribution in [-0.2, 0) is 0 Å². The van der Waals surface area contributed by atoms with E-state index in [4.69, 9.17) is 0 Å². The lowest BCUT2D eigenvalue weighted by molar-refractivity contribution is -0.00000427. The maximum Gasteiger partial charge on any atom is 0.0721 e. The third-order valence-corrected chi connectivity index (χ3v) is 8.92. The van der Waals surface area contributed by atoms with Crippen LogP contribution in [0.5, 0.6) is 0 Å². The third-order valence-electron chi connectivity index (χ3n) is 3.98. The summed E-state index contributed by atoms with van der Waals surface area (Å²) in [5.74, 6) is 0. The van der Waals surface area contributed by atoms with Gasteiger partial charge in [0.15, 0.2) is 0 Å². The highest BCUT2D eigenvalue weighted by Crippen LogP contribution is 2.60. The van der Waals surface area contributed by atoms with Crippen molar-refractivity contribution < 1.29 is 24.0 Å². The number of unbranched alkanes of at least 4 members (excludes halogenated alkanes) is 3. The van der Waals surface area contributed by atoms with Gasteiger partial charge in [0.2, 0.25) is 0 Å². The summed E-state index contributed by atoms with van der Waals surface area (Å²) in [4.78, 5) is 2.39. The van der Waals surface area contributed by atoms with Crippen LogP contribution in [0.1, 0.15) is 59.3 Å². The summed E-state index contributed by atoms with van der Waals surface area (Å²) in [6.07, 6.45) is 14.7. The van der Waals surface area contributed by atoms with Gasteiger partial charge in [-0.05, 0) is 33.4 Å². The van der Waals surface area contributed by atoms with Crippen molar-refractivity contribution in [3.05, 3.63) is 0 Å². The van der Waals surface area contributed by atoms with Crippen LogP contribution in [0.3, 0.4) is 0 Å². The van der Waals surface area contributed by atoms with Gasteiger partial charge in [-0.2, -0.15) is 0 Å². The lowest BCUT2D eigenvalue weighted by Crippen LogP contribution is -3.00. The first kappa shape index (κ1) is 22.4. The smallest absolute Gasteiger partial charge is 0.0721 e. The van der Waals surface area contributed by atoms with E-state index in [0.29, 0.717) is 0 Å². The molecule has 0 saturated carbocycles. The number of nitrogens with zero attached hydrogens (tertiary/aromatic N) is 1. The van der Waals surface area contributed by atoms with E-state index in [1.54, 1.807) is 18.5 Å². The zero-order valence-corrected chi connectivity index (χ0v) is 17.1. The summed E-state index contributed by atoms with van der Waals surface area (Å²) in [6, 6.07) is 0. The fraction of sp³-hybridized carbons (Fsp3) is 1.00. The standard InChI is InChI=1S/C16H37NP.HI/c1-6-9-13-18(14-10-7-2,15-11-8-3)16-12-17(4)5;/h6-16H2,1-5H3;1H/q+1;/p-1. The van der Waals surface area contributed by atoms with E-state index >= 15 is 0 Å². The predicted octanol–water partition coefficient (Wildman–Crippen LogP) is 1.97. The molecule has 0 rings (SSSR count). The highest BCUT2D eigenvalue weighted by Gasteiger charge is 2.34. The summed E-state index contributed by atoms with van der Waals surface area (Å²) in [5, 5.41) is 0. The molecule has 0 amide bonds. The Morgan fingerprint density at radius 1 is 0.684 bits per heavy atom. The number of rotatable bonds is 12. The van der Waals surface area contributed by atoms with Crippen molar-refractivity contribution in [3.63, 3.8) is 0 Å². The molecule has 0 radical (unpaired) electrons. The maximum atomic E-state index is 2.39. The van der Waals surface area contributed by atoms with Crippen LogP contribution < -0.4 is 24.0 Å². The zero-order valence-electron chi connectivity index (χ0n) is 14.1. The highest BCUT2D eigenvalue weighted by molar-refractivity contribution is 7.75. The van der Waals surface area contributed by atoms with Crippen LogP contribution in [-0.4, -0.2) is 50.2 Å². The Kier molecular flexibility index (Phi) is 16.6. The molecule has 1 nitrogen and oxygen atoms in total. The molecule has 0 unspecified atom stereocenters. The van der Waals surface area contributed by atoms with E-state index in [1.807, 2.05) is 0 Å². The second kappa shape index (κ2) is 14.1. The molecule has 0 aromatic heterocycles. The van der Waals surface area contributed by atoms with Crippen molar-refractivity contribution in [1.29, 1.82) is 0 Å². The molecule has 0 fully saturated rings. The second-order valence-electron chi connectivity index (χ2n) is 6.10. The van der Waals surface area contributed by atoms with Crippen LogP contribution in [0.4, 0.5) is 0 Å². The first-order valence-electron chi connectivity index (χ1n) is 8.10. The van der Waals surface area contributed by atoms with Crippen LogP contribution in [0, 0.1) is 0 Å². The highest BCUT2D eigenvalue weighted by atomic mass is 127. The Labute approximate surface area is 140 Å². The van der Waals surface area contributed by atoms with Crippen molar-refractivity contribution in [3.8, 4) is 0 Å². The molecular weight excluding hydrogens is 364 g/mol. The minimum absolute atomic E-state index is 0. The van der Waals surface area contributed by atoms with Gasteiger partial charge < -0.3 is 28.9 Å². The first-order valence-corrected chi connectivity index (χ1v) is 10.6. The summed E-state index contributed by atoms with van der Waals surface area (Å²) < 4.78 is 0. The van der Waals surface area contributed by atoms with Gasteiger partial charge in [-0.15, -0.1) is 0 Å². The molecule has 0 spiro atoms. The SMILES string of the molecule is CCCC[P+](CCCC)(CCCC)CCN(C)C.[I-]. The van der Waals surface area contributed by atoms with Gasteiger partial charge >= 0.3 is 0 Å². The van der Waals surface area contributed by atoms with Crippen molar-refractivity contribution in [1.82, 2.24) is 4.90 Å². The van der Waals surface area contributed by atoms with Crippen molar-refractivity contribution in [2.24, 2.45) is 0 Å². The summed E-state index contributed by atoms with van der Waals surface area (Å²) in [5.41, 5.74) is 0. The van der Waals surface area contributed by atoms with E-state index in [9.17, 15) is 0 Å². The van der Waals surface area contributed by atoms with Crippen molar-refractivity contribution in [2.75, 3.05) is 45.3 Å². The minimum atomic E-state index is -0.641. The van der Waals surface area contributed by atoms with E-state index in [0.717, 1.165) is 0 Å². The van der Waals surface area contributed by atoms with E-state index in [-0.39, 0.29) is 24.0 Å². The lowest BCUT2D eigenvalue weighted by Gasteiger charge is -2.29. The fourth-order valence-electron chi connectivity index (χ4n) is 2.56. The topological polar surface area (TPSA) is 3.24 Å². The Morgan fingerprint density at radius 3 is 1.32 bits per heavy atom. The van der Waals surface area contributed by atoms with Gasteiger partial charge in [-0.3, -0.25) is 0 Å². The van der Waals surface area contributed by atoms with Gasteiger partial charge in [0.1, 0.15) is 0 Å². The molecule has 0 aliphatic rings. The molecule has 0 N–H and O–H groups in total. The monoisotopic (exact) mass is 401 g/mol. The minimum Gasteiger partial charge on any atom is -1.00 e. The fourth-order valence-corrected chi connectivity index (χ4v) is 7.69. The van der Waals surface area contributed by atoms with Crippen molar-refractivity contribution in [2.45, 2.75) is 59.3 Å². The number of hydrogen-bond acceptors (Lipinski definition) is 1. The predicted molar refractivity (Wildman–Crippen MR) is 89.7 cm³/mol. The Hall–Kier alpha value is 1.12. The van der Waals surface area contributed by atoms with Gasteiger partial charge in [0.05, 0.1) is 24.6 Å². The van der Waals surface area contributed by atoms with Gasteiger partial charge in [0, 0.05) is 13.8 Å². The Balaban J connectivity index is 0. The summed E-state index contributed by atoms with van der Waals surface area (Å²) in [6.45, 7) is 8.35. The van der Waals surface area contributed by atoms with Crippen LogP contribution in [0.15, 0.2) is 0 Å². The third kappa shape index (κ3) is 11.5. The number of hydrogen-bond donors (Lipinski definition) is 0. The molecule has 3 heteroatoms. The van der Waals surface area contributed by atoms with Crippen molar-refractivity contribution >= 4 is 7.26 Å². The van der Waals surface area contributed by atoms with Crippen LogP contribution in [0.2, 0.25) is 0 Å². The summed E-state index contributed by atoms with van der Waals surface area (Å²) >= 11 is 0. The molecule has 0 aliphatic heterocycles. The number of halogens is 1. The second-order valence-corrected chi connectivity index (χ2v) is 10.6. The van der Waals surface area contributed by atoms with E-state index in [2.05, 4.69) is 39.8 Å². The quantitative estimate of drug-likeness (QED) is 0.357. The first-order chi connectivity index (χ1) is 8.60. The lowest BCUT2D eigenvalue weighted by atomic mass is 10.4. The van der Waals surface area contributed by atoms with Gasteiger partial charge in [0.25, 0.3) is 0 Å². The molecule has 0 atom stereocenters. The normalized spacial score (nSPS) is 11.7. The molecule has 118 valence electrons. The van der Waals surface area contributed by atoms with Crippen LogP contribution in [0.25, 0.3) is 0 Å². The maximum absolute atomic E-state index is 2.39. The van der Waals surface area contributed by atoms with Gasteiger partial charge in [-0.1, -0.05) is 40.0 Å². The van der Waals surface area contributed by atoms with E-state index in [1.165, 1.54) is 51.2 Å². The van der Waals surface area contributed by atoms with E-state index < -0.39 is 7.26 Å². The molecule has 0 aliphatic carbocycles. The molecule has 0 aromatic carbocycles. The average molecular weight is 401 g/mol. The molecular formula is C16H37INP. The molecule has 0 bridgehead atoms. The largest absolute Gasteiger partial charge is 1.00 e. The summed E-state index contributed by atoms with van der Waals surface area (Å²) in [7, 11) is 3.82. The Bertz CT molecular complexity index is 164. The zero-order chi connectivity index (χ0) is 13.9. The molecule has 0 saturated heterocycles. The van der Waals surface area contributed by atoms with Gasteiger partial charge in [-0.25, -0.2) is 0 Å².